The lowest BCUT2D eigenvalue weighted by atomic mass is 10.1. The summed E-state index contributed by atoms with van der Waals surface area (Å²) >= 11 is 1.31. The molecule has 0 aliphatic heterocycles. The fourth-order valence-electron chi connectivity index (χ4n) is 2.12. The number of benzene rings is 1. The molecule has 1 heterocycles. The van der Waals surface area contributed by atoms with Crippen LogP contribution in [0.15, 0.2) is 24.3 Å². The van der Waals surface area contributed by atoms with Crippen LogP contribution in [0.2, 0.25) is 0 Å². The number of carbonyl (C=O) groups is 2. The maximum Gasteiger partial charge on any atom is 0.348 e. The molecular formula is C17H17F2NO3S. The molecule has 0 saturated heterocycles. The van der Waals surface area contributed by atoms with Crippen LogP contribution in [0.4, 0.5) is 14.5 Å². The number of halogens is 2. The van der Waals surface area contributed by atoms with Gasteiger partial charge in [-0.3, -0.25) is 4.79 Å². The molecule has 0 bridgehead atoms. The monoisotopic (exact) mass is 353 g/mol. The highest BCUT2D eigenvalue weighted by molar-refractivity contribution is 7.14. The number of rotatable bonds is 6. The van der Waals surface area contributed by atoms with Gasteiger partial charge in [0.15, 0.2) is 6.61 Å². The third-order valence-electron chi connectivity index (χ3n) is 3.28. The van der Waals surface area contributed by atoms with Gasteiger partial charge in [-0.25, -0.2) is 13.6 Å². The summed E-state index contributed by atoms with van der Waals surface area (Å²) < 4.78 is 31.2. The smallest absolute Gasteiger partial charge is 0.348 e. The molecule has 0 aliphatic carbocycles. The van der Waals surface area contributed by atoms with Crippen LogP contribution >= 0.6 is 11.3 Å². The summed E-state index contributed by atoms with van der Waals surface area (Å²) in [6, 6.07) is 4.55. The van der Waals surface area contributed by atoms with Gasteiger partial charge in [0, 0.05) is 10.9 Å². The normalized spacial score (nSPS) is 10.5. The van der Waals surface area contributed by atoms with Gasteiger partial charge in [0.1, 0.15) is 16.5 Å². The Morgan fingerprint density at radius 3 is 2.67 bits per heavy atom. The maximum atomic E-state index is 13.4. The first-order valence-corrected chi connectivity index (χ1v) is 8.23. The number of thiophene rings is 1. The first-order valence-electron chi connectivity index (χ1n) is 7.42. The number of ether oxygens (including phenoxy) is 1. The molecule has 4 nitrogen and oxygen atoms in total. The molecule has 1 aromatic carbocycles. The molecule has 0 fully saturated rings. The van der Waals surface area contributed by atoms with Crippen molar-refractivity contribution in [3.05, 3.63) is 51.2 Å². The summed E-state index contributed by atoms with van der Waals surface area (Å²) in [6.45, 7) is 3.43. The van der Waals surface area contributed by atoms with Gasteiger partial charge >= 0.3 is 5.97 Å². The van der Waals surface area contributed by atoms with E-state index in [-0.39, 0.29) is 5.69 Å². The van der Waals surface area contributed by atoms with Crippen molar-refractivity contribution in [3.8, 4) is 0 Å². The van der Waals surface area contributed by atoms with E-state index in [9.17, 15) is 18.4 Å². The van der Waals surface area contributed by atoms with Crippen molar-refractivity contribution in [2.45, 2.75) is 26.7 Å². The molecule has 0 radical (unpaired) electrons. The summed E-state index contributed by atoms with van der Waals surface area (Å²) in [5.74, 6) is -2.93. The van der Waals surface area contributed by atoms with Gasteiger partial charge in [-0.1, -0.05) is 13.3 Å². The van der Waals surface area contributed by atoms with E-state index in [4.69, 9.17) is 4.74 Å². The van der Waals surface area contributed by atoms with E-state index >= 15 is 0 Å². The molecule has 128 valence electrons. The van der Waals surface area contributed by atoms with Gasteiger partial charge in [0.2, 0.25) is 0 Å². The van der Waals surface area contributed by atoms with E-state index in [1.807, 2.05) is 13.8 Å². The molecule has 1 aromatic heterocycles. The Morgan fingerprint density at radius 1 is 1.25 bits per heavy atom. The van der Waals surface area contributed by atoms with Gasteiger partial charge < -0.3 is 10.1 Å². The van der Waals surface area contributed by atoms with Crippen LogP contribution in [0.25, 0.3) is 0 Å². The van der Waals surface area contributed by atoms with E-state index in [2.05, 4.69) is 5.32 Å². The van der Waals surface area contributed by atoms with Gasteiger partial charge in [-0.15, -0.1) is 11.3 Å². The van der Waals surface area contributed by atoms with Crippen molar-refractivity contribution >= 4 is 28.9 Å². The third-order valence-corrected chi connectivity index (χ3v) is 4.35. The van der Waals surface area contributed by atoms with Crippen molar-refractivity contribution in [3.63, 3.8) is 0 Å². The standard InChI is InChI=1S/C17H17F2NO3S/c1-3-4-11-7-15(24-10(11)2)17(22)23-9-16(21)20-14-6-5-12(18)8-13(14)19/h5-8H,3-4,9H2,1-2H3,(H,20,21). The summed E-state index contributed by atoms with van der Waals surface area (Å²) in [5, 5.41) is 2.23. The first-order chi connectivity index (χ1) is 11.4. The molecule has 2 aromatic rings. The number of esters is 1. The van der Waals surface area contributed by atoms with E-state index in [0.717, 1.165) is 35.4 Å². The molecular weight excluding hydrogens is 336 g/mol. The van der Waals surface area contributed by atoms with Gasteiger partial charge in [-0.2, -0.15) is 0 Å². The minimum atomic E-state index is -0.896. The maximum absolute atomic E-state index is 13.4. The predicted octanol–water partition coefficient (Wildman–Crippen LogP) is 4.08. The third kappa shape index (κ3) is 4.61. The first kappa shape index (κ1) is 18.1. The Morgan fingerprint density at radius 2 is 2.00 bits per heavy atom. The fourth-order valence-corrected chi connectivity index (χ4v) is 3.08. The second kappa shape index (κ2) is 8.01. The van der Waals surface area contributed by atoms with Gasteiger partial charge in [0.25, 0.3) is 5.91 Å². The van der Waals surface area contributed by atoms with Crippen LogP contribution in [0.5, 0.6) is 0 Å². The lowest BCUT2D eigenvalue weighted by molar-refractivity contribution is -0.119. The van der Waals surface area contributed by atoms with E-state index in [1.54, 1.807) is 6.07 Å². The molecule has 7 heteroatoms. The Labute approximate surface area is 142 Å². The van der Waals surface area contributed by atoms with Crippen molar-refractivity contribution in [1.29, 1.82) is 0 Å². The predicted molar refractivity (Wildman–Crippen MR) is 88.3 cm³/mol. The number of hydrogen-bond acceptors (Lipinski definition) is 4. The van der Waals surface area contributed by atoms with Crippen molar-refractivity contribution in [1.82, 2.24) is 0 Å². The molecule has 0 atom stereocenters. The number of anilines is 1. The van der Waals surface area contributed by atoms with Crippen molar-refractivity contribution in [2.75, 3.05) is 11.9 Å². The average Bonchev–Trinajstić information content (AvgIpc) is 2.89. The molecule has 0 spiro atoms. The SMILES string of the molecule is CCCc1cc(C(=O)OCC(=O)Nc2ccc(F)cc2F)sc1C. The van der Waals surface area contributed by atoms with Crippen LogP contribution in [0.3, 0.4) is 0 Å². The lowest BCUT2D eigenvalue weighted by Crippen LogP contribution is -2.21. The molecule has 24 heavy (non-hydrogen) atoms. The zero-order chi connectivity index (χ0) is 17.7. The van der Waals surface area contributed by atoms with Gasteiger partial charge in [0.05, 0.1) is 5.69 Å². The molecule has 0 unspecified atom stereocenters. The highest BCUT2D eigenvalue weighted by Crippen LogP contribution is 2.23. The largest absolute Gasteiger partial charge is 0.451 e. The number of amides is 1. The van der Waals surface area contributed by atoms with Gasteiger partial charge in [-0.05, 0) is 37.1 Å². The Balaban J connectivity index is 1.91. The minimum Gasteiger partial charge on any atom is -0.451 e. The fraction of sp³-hybridized carbons (Fsp3) is 0.294. The second-order valence-corrected chi connectivity index (χ2v) is 6.45. The van der Waals surface area contributed by atoms with Crippen LogP contribution in [0, 0.1) is 18.6 Å². The number of hydrogen-bond donors (Lipinski definition) is 1. The molecule has 0 aliphatic rings. The van der Waals surface area contributed by atoms with Crippen LogP contribution in [-0.4, -0.2) is 18.5 Å². The van der Waals surface area contributed by atoms with E-state index in [1.165, 1.54) is 11.3 Å². The Kier molecular flexibility index (Phi) is 6.03. The lowest BCUT2D eigenvalue weighted by Gasteiger charge is -2.07. The highest BCUT2D eigenvalue weighted by Gasteiger charge is 2.15. The molecule has 1 amide bonds. The average molecular weight is 353 g/mol. The van der Waals surface area contributed by atoms with E-state index in [0.29, 0.717) is 10.9 Å². The highest BCUT2D eigenvalue weighted by atomic mass is 32.1. The number of carbonyl (C=O) groups excluding carboxylic acids is 2. The number of nitrogens with one attached hydrogen (secondary N) is 1. The second-order valence-electron chi connectivity index (χ2n) is 5.19. The Hall–Kier alpha value is -2.28. The summed E-state index contributed by atoms with van der Waals surface area (Å²) in [6.07, 6.45) is 1.84. The zero-order valence-corrected chi connectivity index (χ0v) is 14.1. The van der Waals surface area contributed by atoms with Crippen LogP contribution in [-0.2, 0) is 16.0 Å². The topological polar surface area (TPSA) is 55.4 Å². The molecule has 1 N–H and O–H groups in total. The van der Waals surface area contributed by atoms with E-state index < -0.39 is 30.1 Å². The summed E-state index contributed by atoms with van der Waals surface area (Å²) in [4.78, 5) is 25.2. The minimum absolute atomic E-state index is 0.172. The summed E-state index contributed by atoms with van der Waals surface area (Å²) in [5.41, 5.74) is 0.918. The quantitative estimate of drug-likeness (QED) is 0.796. The van der Waals surface area contributed by atoms with Crippen LogP contribution in [0.1, 0.15) is 33.5 Å². The number of aryl methyl sites for hydroxylation is 2. The van der Waals surface area contributed by atoms with Crippen molar-refractivity contribution in [2.24, 2.45) is 0 Å². The summed E-state index contributed by atoms with van der Waals surface area (Å²) in [7, 11) is 0. The van der Waals surface area contributed by atoms with Crippen LogP contribution < -0.4 is 5.32 Å². The Bertz CT molecular complexity index is 758. The molecule has 2 rings (SSSR count). The van der Waals surface area contributed by atoms with Crippen molar-refractivity contribution < 1.29 is 23.1 Å². The molecule has 0 saturated carbocycles. The zero-order valence-electron chi connectivity index (χ0n) is 13.3.